The summed E-state index contributed by atoms with van der Waals surface area (Å²) in [7, 11) is 0. The molecule has 6 nitrogen and oxygen atoms in total. The minimum absolute atomic E-state index is 0.122. The highest BCUT2D eigenvalue weighted by Crippen LogP contribution is 2.14. The lowest BCUT2D eigenvalue weighted by atomic mass is 10.3. The molecule has 3 aromatic rings. The minimum Gasteiger partial charge on any atom is -0.324 e. The van der Waals surface area contributed by atoms with Gasteiger partial charge in [0.05, 0.1) is 0 Å². The maximum Gasteiger partial charge on any atom is 0.241 e. The first-order valence-corrected chi connectivity index (χ1v) is 5.91. The average Bonchev–Trinajstić information content (AvgIpc) is 2.93. The number of hydrogen-bond acceptors (Lipinski definition) is 5. The van der Waals surface area contributed by atoms with Crippen LogP contribution in [0.5, 0.6) is 0 Å². The molecule has 0 aliphatic heterocycles. The number of imidazole rings is 1. The van der Waals surface area contributed by atoms with E-state index in [2.05, 4.69) is 25.3 Å². The highest BCUT2D eigenvalue weighted by Gasteiger charge is 2.06. The van der Waals surface area contributed by atoms with Gasteiger partial charge < -0.3 is 5.32 Å². The highest BCUT2D eigenvalue weighted by molar-refractivity contribution is 6.28. The monoisotopic (exact) mass is 272 g/mol. The lowest BCUT2D eigenvalue weighted by Crippen LogP contribution is -2.05. The second-order valence-corrected chi connectivity index (χ2v) is 4.03. The molecule has 0 radical (unpaired) electrons. The summed E-state index contributed by atoms with van der Waals surface area (Å²) >= 11 is 5.90. The topological polar surface area (TPSA) is 68.5 Å². The molecule has 19 heavy (non-hydrogen) atoms. The van der Waals surface area contributed by atoms with Crippen LogP contribution in [0.3, 0.4) is 0 Å². The third-order valence-corrected chi connectivity index (χ3v) is 2.53. The van der Waals surface area contributed by atoms with Gasteiger partial charge >= 0.3 is 0 Å². The van der Waals surface area contributed by atoms with Crippen LogP contribution in [0.1, 0.15) is 0 Å². The molecule has 0 aliphatic rings. The first-order valence-electron chi connectivity index (χ1n) is 5.53. The van der Waals surface area contributed by atoms with Gasteiger partial charge in [-0.05, 0) is 23.7 Å². The van der Waals surface area contributed by atoms with Gasteiger partial charge in [0, 0.05) is 18.1 Å². The van der Waals surface area contributed by atoms with Gasteiger partial charge in [0.25, 0.3) is 0 Å². The van der Waals surface area contributed by atoms with Crippen molar-refractivity contribution in [1.82, 2.24) is 24.5 Å². The predicted molar refractivity (Wildman–Crippen MR) is 71.7 cm³/mol. The van der Waals surface area contributed by atoms with Crippen LogP contribution in [0.15, 0.2) is 49.1 Å². The molecule has 0 unspecified atom stereocenters. The van der Waals surface area contributed by atoms with Crippen LogP contribution in [-0.2, 0) is 0 Å². The summed E-state index contributed by atoms with van der Waals surface area (Å²) in [6, 6.07) is 9.59. The molecule has 0 saturated carbocycles. The second-order valence-electron chi connectivity index (χ2n) is 3.69. The van der Waals surface area contributed by atoms with E-state index in [9.17, 15) is 0 Å². The summed E-state index contributed by atoms with van der Waals surface area (Å²) in [6.07, 6.45) is 4.97. The molecule has 0 fully saturated rings. The fourth-order valence-corrected chi connectivity index (χ4v) is 1.69. The second kappa shape index (κ2) is 5.03. The van der Waals surface area contributed by atoms with E-state index >= 15 is 0 Å². The summed E-state index contributed by atoms with van der Waals surface area (Å²) in [6.45, 7) is 0. The zero-order valence-corrected chi connectivity index (χ0v) is 10.5. The number of rotatable bonds is 3. The Morgan fingerprint density at radius 1 is 1.05 bits per heavy atom. The van der Waals surface area contributed by atoms with Crippen LogP contribution in [0.4, 0.5) is 11.6 Å². The van der Waals surface area contributed by atoms with E-state index in [0.29, 0.717) is 11.9 Å². The van der Waals surface area contributed by atoms with E-state index in [1.165, 1.54) is 0 Å². The molecule has 1 aromatic carbocycles. The van der Waals surface area contributed by atoms with Crippen molar-refractivity contribution in [1.29, 1.82) is 0 Å². The molecular weight excluding hydrogens is 264 g/mol. The summed E-state index contributed by atoms with van der Waals surface area (Å²) in [5.41, 5.74) is 0.876. The lowest BCUT2D eigenvalue weighted by Gasteiger charge is -2.06. The van der Waals surface area contributed by atoms with Crippen molar-refractivity contribution in [3.63, 3.8) is 0 Å². The maximum atomic E-state index is 5.90. The Morgan fingerprint density at radius 2 is 1.89 bits per heavy atom. The van der Waals surface area contributed by atoms with E-state index in [1.54, 1.807) is 23.3 Å². The molecule has 1 N–H and O–H groups in total. The molecule has 0 amide bonds. The fourth-order valence-electron chi connectivity index (χ4n) is 1.54. The van der Waals surface area contributed by atoms with Gasteiger partial charge in [0.15, 0.2) is 0 Å². The Balaban J connectivity index is 1.94. The largest absolute Gasteiger partial charge is 0.324 e. The number of para-hydroxylation sites is 1. The molecule has 3 rings (SSSR count). The summed E-state index contributed by atoms with van der Waals surface area (Å²) in [4.78, 5) is 16.3. The zero-order valence-electron chi connectivity index (χ0n) is 9.73. The van der Waals surface area contributed by atoms with Crippen molar-refractivity contribution in [2.75, 3.05) is 5.32 Å². The van der Waals surface area contributed by atoms with Crippen LogP contribution < -0.4 is 5.32 Å². The number of nitrogens with zero attached hydrogens (tertiary/aromatic N) is 5. The van der Waals surface area contributed by atoms with E-state index < -0.39 is 0 Å². The van der Waals surface area contributed by atoms with Gasteiger partial charge in [-0.25, -0.2) is 4.98 Å². The summed E-state index contributed by atoms with van der Waals surface area (Å²) in [5, 5.41) is 3.19. The molecule has 0 spiro atoms. The average molecular weight is 273 g/mol. The molecule has 0 atom stereocenters. The quantitative estimate of drug-likeness (QED) is 0.793. The first-order chi connectivity index (χ1) is 9.31. The molecule has 0 saturated heterocycles. The third-order valence-electron chi connectivity index (χ3n) is 2.36. The van der Waals surface area contributed by atoms with Crippen molar-refractivity contribution < 1.29 is 0 Å². The van der Waals surface area contributed by atoms with Crippen LogP contribution in [0.2, 0.25) is 5.28 Å². The molecular formula is C12H9ClN6. The van der Waals surface area contributed by atoms with Crippen LogP contribution in [0.25, 0.3) is 5.95 Å². The molecule has 2 heterocycles. The zero-order chi connectivity index (χ0) is 13.1. The number of aromatic nitrogens is 5. The van der Waals surface area contributed by atoms with Crippen LogP contribution in [0, 0.1) is 0 Å². The Hall–Kier alpha value is -2.47. The molecule has 94 valence electrons. The van der Waals surface area contributed by atoms with Crippen molar-refractivity contribution in [3.05, 3.63) is 54.3 Å². The standard InChI is InChI=1S/C12H9ClN6/c13-10-16-11(15-9-4-2-1-3-5-9)18-12(17-10)19-7-6-14-8-19/h1-8H,(H,15,16,17,18). The number of anilines is 2. The maximum absolute atomic E-state index is 5.90. The first kappa shape index (κ1) is 11.6. The van der Waals surface area contributed by atoms with Crippen LogP contribution in [-0.4, -0.2) is 24.5 Å². The number of benzene rings is 1. The van der Waals surface area contributed by atoms with E-state index in [4.69, 9.17) is 11.6 Å². The third kappa shape index (κ3) is 2.69. The predicted octanol–water partition coefficient (Wildman–Crippen LogP) is 2.45. The van der Waals surface area contributed by atoms with Gasteiger partial charge in [-0.3, -0.25) is 4.57 Å². The van der Waals surface area contributed by atoms with Gasteiger partial charge in [-0.2, -0.15) is 15.0 Å². The van der Waals surface area contributed by atoms with E-state index in [0.717, 1.165) is 5.69 Å². The molecule has 0 bridgehead atoms. The summed E-state index contributed by atoms with van der Waals surface area (Å²) < 4.78 is 1.66. The van der Waals surface area contributed by atoms with Crippen molar-refractivity contribution >= 4 is 23.2 Å². The normalized spacial score (nSPS) is 10.4. The van der Waals surface area contributed by atoms with E-state index in [-0.39, 0.29) is 5.28 Å². The molecule has 7 heteroatoms. The Bertz CT molecular complexity index is 668. The van der Waals surface area contributed by atoms with Crippen molar-refractivity contribution in [3.8, 4) is 5.95 Å². The Kier molecular flexibility index (Phi) is 3.07. The smallest absolute Gasteiger partial charge is 0.241 e. The van der Waals surface area contributed by atoms with Crippen molar-refractivity contribution in [2.45, 2.75) is 0 Å². The minimum atomic E-state index is 0.122. The Labute approximate surface area is 114 Å². The van der Waals surface area contributed by atoms with Crippen molar-refractivity contribution in [2.24, 2.45) is 0 Å². The molecule has 2 aromatic heterocycles. The van der Waals surface area contributed by atoms with Gasteiger partial charge in [-0.15, -0.1) is 0 Å². The molecule has 0 aliphatic carbocycles. The highest BCUT2D eigenvalue weighted by atomic mass is 35.5. The number of hydrogen-bond donors (Lipinski definition) is 1. The van der Waals surface area contributed by atoms with Gasteiger partial charge in [0.1, 0.15) is 6.33 Å². The number of nitrogens with one attached hydrogen (secondary N) is 1. The SMILES string of the molecule is Clc1nc(Nc2ccccc2)nc(-n2ccnc2)n1. The lowest BCUT2D eigenvalue weighted by molar-refractivity contribution is 0.899. The summed E-state index contributed by atoms with van der Waals surface area (Å²) in [5.74, 6) is 0.797. The van der Waals surface area contributed by atoms with Gasteiger partial charge in [-0.1, -0.05) is 18.2 Å². The van der Waals surface area contributed by atoms with Gasteiger partial charge in [0.2, 0.25) is 17.2 Å². The van der Waals surface area contributed by atoms with E-state index in [1.807, 2.05) is 30.3 Å². The van der Waals surface area contributed by atoms with Crippen LogP contribution >= 0.6 is 11.6 Å². The number of halogens is 1. The Morgan fingerprint density at radius 3 is 2.63 bits per heavy atom. The fraction of sp³-hybridized carbons (Fsp3) is 0.